The lowest BCUT2D eigenvalue weighted by atomic mass is 9.83. The first-order valence-corrected chi connectivity index (χ1v) is 6.16. The van der Waals surface area contributed by atoms with Crippen LogP contribution in [0.1, 0.15) is 47.0 Å². The molecule has 0 aliphatic heterocycles. The minimum Gasteiger partial charge on any atom is -0.395 e. The van der Waals surface area contributed by atoms with Gasteiger partial charge in [0.2, 0.25) is 0 Å². The van der Waals surface area contributed by atoms with Crippen LogP contribution in [0.4, 0.5) is 0 Å². The van der Waals surface area contributed by atoms with Crippen molar-refractivity contribution < 1.29 is 10.2 Å². The van der Waals surface area contributed by atoms with Crippen LogP contribution in [-0.4, -0.2) is 46.5 Å². The number of hydrogen-bond donors (Lipinski definition) is 2. The van der Waals surface area contributed by atoms with Crippen LogP contribution in [0.2, 0.25) is 0 Å². The third kappa shape index (κ3) is 3.16. The highest BCUT2D eigenvalue weighted by Crippen LogP contribution is 2.29. The molecule has 15 heavy (non-hydrogen) atoms. The molecule has 0 saturated carbocycles. The van der Waals surface area contributed by atoms with Crippen molar-refractivity contribution in [3.63, 3.8) is 0 Å². The van der Waals surface area contributed by atoms with Gasteiger partial charge in [0.15, 0.2) is 0 Å². The monoisotopic (exact) mass is 217 g/mol. The maximum atomic E-state index is 10.2. The molecule has 1 unspecified atom stereocenters. The van der Waals surface area contributed by atoms with Crippen molar-refractivity contribution in [1.82, 2.24) is 4.90 Å². The normalized spacial score (nSPS) is 14.6. The van der Waals surface area contributed by atoms with E-state index in [0.717, 1.165) is 25.8 Å². The van der Waals surface area contributed by atoms with Crippen molar-refractivity contribution in [3.05, 3.63) is 0 Å². The third-order valence-corrected chi connectivity index (χ3v) is 3.61. The van der Waals surface area contributed by atoms with Crippen molar-refractivity contribution in [2.75, 3.05) is 19.7 Å². The van der Waals surface area contributed by atoms with E-state index in [4.69, 9.17) is 5.11 Å². The van der Waals surface area contributed by atoms with E-state index in [0.29, 0.717) is 6.54 Å². The van der Waals surface area contributed by atoms with Gasteiger partial charge in [-0.1, -0.05) is 27.7 Å². The summed E-state index contributed by atoms with van der Waals surface area (Å²) >= 11 is 0. The summed E-state index contributed by atoms with van der Waals surface area (Å²) in [7, 11) is 0. The molecule has 0 aromatic carbocycles. The fourth-order valence-corrected chi connectivity index (χ4v) is 2.58. The lowest BCUT2D eigenvalue weighted by Gasteiger charge is -2.45. The standard InChI is InChI=1S/C12H27NO2/c1-5-11(15)12(6-2,7-3)13(8-4)9-10-14/h11,14-15H,5-10H2,1-4H3. The molecule has 0 amide bonds. The number of hydrogen-bond acceptors (Lipinski definition) is 3. The zero-order valence-electron chi connectivity index (χ0n) is 10.7. The zero-order valence-corrected chi connectivity index (χ0v) is 10.7. The van der Waals surface area contributed by atoms with E-state index in [-0.39, 0.29) is 18.2 Å². The summed E-state index contributed by atoms with van der Waals surface area (Å²) in [6.07, 6.45) is 2.31. The summed E-state index contributed by atoms with van der Waals surface area (Å²) in [5.41, 5.74) is -0.160. The van der Waals surface area contributed by atoms with Crippen LogP contribution in [-0.2, 0) is 0 Å². The van der Waals surface area contributed by atoms with Crippen molar-refractivity contribution in [3.8, 4) is 0 Å². The van der Waals surface area contributed by atoms with E-state index in [1.54, 1.807) is 0 Å². The Hall–Kier alpha value is -0.120. The van der Waals surface area contributed by atoms with Crippen LogP contribution in [0.15, 0.2) is 0 Å². The van der Waals surface area contributed by atoms with Gasteiger partial charge < -0.3 is 10.2 Å². The Morgan fingerprint density at radius 2 is 1.67 bits per heavy atom. The summed E-state index contributed by atoms with van der Waals surface area (Å²) in [4.78, 5) is 2.21. The second-order valence-electron chi connectivity index (χ2n) is 4.04. The maximum Gasteiger partial charge on any atom is 0.0721 e. The van der Waals surface area contributed by atoms with Gasteiger partial charge in [-0.15, -0.1) is 0 Å². The van der Waals surface area contributed by atoms with Gasteiger partial charge in [-0.3, -0.25) is 4.90 Å². The van der Waals surface area contributed by atoms with E-state index in [2.05, 4.69) is 25.7 Å². The van der Waals surface area contributed by atoms with Gasteiger partial charge in [0, 0.05) is 12.1 Å². The number of aliphatic hydroxyl groups excluding tert-OH is 2. The summed E-state index contributed by atoms with van der Waals surface area (Å²) in [5, 5.41) is 19.2. The van der Waals surface area contributed by atoms with Crippen molar-refractivity contribution in [2.24, 2.45) is 0 Å². The summed E-state index contributed by atoms with van der Waals surface area (Å²) in [5.74, 6) is 0. The van der Waals surface area contributed by atoms with Crippen molar-refractivity contribution in [1.29, 1.82) is 0 Å². The van der Waals surface area contributed by atoms with Crippen LogP contribution in [0.25, 0.3) is 0 Å². The topological polar surface area (TPSA) is 43.7 Å². The quantitative estimate of drug-likeness (QED) is 0.649. The molecule has 0 spiro atoms. The molecule has 0 aliphatic carbocycles. The first kappa shape index (κ1) is 14.9. The number of nitrogens with zero attached hydrogens (tertiary/aromatic N) is 1. The third-order valence-electron chi connectivity index (χ3n) is 3.61. The molecule has 0 bridgehead atoms. The Labute approximate surface area is 94.1 Å². The Balaban J connectivity index is 4.85. The van der Waals surface area contributed by atoms with Gasteiger partial charge in [0.1, 0.15) is 0 Å². The lowest BCUT2D eigenvalue weighted by molar-refractivity contribution is -0.0441. The van der Waals surface area contributed by atoms with Crippen LogP contribution in [0.5, 0.6) is 0 Å². The number of aliphatic hydroxyl groups is 2. The Morgan fingerprint density at radius 3 is 1.93 bits per heavy atom. The average molecular weight is 217 g/mol. The predicted molar refractivity (Wildman–Crippen MR) is 63.9 cm³/mol. The van der Waals surface area contributed by atoms with Crippen LogP contribution in [0.3, 0.4) is 0 Å². The van der Waals surface area contributed by atoms with E-state index in [9.17, 15) is 5.11 Å². The predicted octanol–water partition coefficient (Wildman–Crippen LogP) is 1.63. The number of rotatable bonds is 8. The minimum absolute atomic E-state index is 0.159. The van der Waals surface area contributed by atoms with Gasteiger partial charge in [-0.2, -0.15) is 0 Å². The SMILES string of the molecule is CCC(O)C(CC)(CC)N(CC)CCO. The Morgan fingerprint density at radius 1 is 1.13 bits per heavy atom. The van der Waals surface area contributed by atoms with Crippen LogP contribution >= 0.6 is 0 Å². The molecular weight excluding hydrogens is 190 g/mol. The van der Waals surface area contributed by atoms with Crippen molar-refractivity contribution in [2.45, 2.75) is 58.6 Å². The number of β-amino-alcohol motifs (C(OH)–C–C–N with tert-alkyl or cyclic N) is 1. The molecule has 0 aliphatic rings. The molecule has 3 nitrogen and oxygen atoms in total. The van der Waals surface area contributed by atoms with Crippen molar-refractivity contribution >= 4 is 0 Å². The minimum atomic E-state index is -0.306. The van der Waals surface area contributed by atoms with E-state index in [1.807, 2.05) is 6.92 Å². The molecular formula is C12H27NO2. The molecule has 92 valence electrons. The smallest absolute Gasteiger partial charge is 0.0721 e. The second kappa shape index (κ2) is 7.20. The van der Waals surface area contributed by atoms with Crippen LogP contribution in [0, 0.1) is 0 Å². The molecule has 0 rings (SSSR count). The first-order valence-electron chi connectivity index (χ1n) is 6.16. The summed E-state index contributed by atoms with van der Waals surface area (Å²) in [6, 6.07) is 0. The molecule has 1 atom stereocenters. The maximum absolute atomic E-state index is 10.2. The fourth-order valence-electron chi connectivity index (χ4n) is 2.58. The molecule has 0 saturated heterocycles. The summed E-state index contributed by atoms with van der Waals surface area (Å²) in [6.45, 7) is 10.0. The van der Waals surface area contributed by atoms with E-state index >= 15 is 0 Å². The Kier molecular flexibility index (Phi) is 7.14. The molecule has 3 heteroatoms. The Bertz CT molecular complexity index is 158. The van der Waals surface area contributed by atoms with Crippen LogP contribution < -0.4 is 0 Å². The molecule has 0 heterocycles. The summed E-state index contributed by atoms with van der Waals surface area (Å²) < 4.78 is 0. The second-order valence-corrected chi connectivity index (χ2v) is 4.04. The molecule has 0 fully saturated rings. The lowest BCUT2D eigenvalue weighted by Crippen LogP contribution is -2.56. The molecule has 0 aromatic rings. The zero-order chi connectivity index (χ0) is 11.9. The highest BCUT2D eigenvalue weighted by atomic mass is 16.3. The van der Waals surface area contributed by atoms with Gasteiger partial charge in [0.05, 0.1) is 12.7 Å². The van der Waals surface area contributed by atoms with Gasteiger partial charge in [0.25, 0.3) is 0 Å². The molecule has 0 radical (unpaired) electrons. The average Bonchev–Trinajstić information content (AvgIpc) is 2.29. The van der Waals surface area contributed by atoms with E-state index < -0.39 is 0 Å². The molecule has 0 aromatic heterocycles. The fraction of sp³-hybridized carbons (Fsp3) is 1.00. The van der Waals surface area contributed by atoms with E-state index in [1.165, 1.54) is 0 Å². The first-order chi connectivity index (χ1) is 7.12. The highest BCUT2D eigenvalue weighted by Gasteiger charge is 2.38. The largest absolute Gasteiger partial charge is 0.395 e. The van der Waals surface area contributed by atoms with Gasteiger partial charge in [-0.05, 0) is 25.8 Å². The number of likely N-dealkylation sites (N-methyl/N-ethyl adjacent to an activating group) is 1. The molecule has 2 N–H and O–H groups in total. The van der Waals surface area contributed by atoms with Gasteiger partial charge >= 0.3 is 0 Å². The van der Waals surface area contributed by atoms with Gasteiger partial charge in [-0.25, -0.2) is 0 Å². The highest BCUT2D eigenvalue weighted by molar-refractivity contribution is 4.94.